The maximum atomic E-state index is 8.72. The van der Waals surface area contributed by atoms with Crippen LogP contribution >= 0.6 is 0 Å². The van der Waals surface area contributed by atoms with E-state index in [1.165, 1.54) is 31.2 Å². The van der Waals surface area contributed by atoms with Crippen molar-refractivity contribution in [2.24, 2.45) is 0 Å². The number of aliphatic hydroxyl groups excluding tert-OH is 1. The number of aliphatic hydroxyl groups is 1. The summed E-state index contributed by atoms with van der Waals surface area (Å²) in [6.07, 6.45) is 10.4. The molecule has 0 amide bonds. The van der Waals surface area contributed by atoms with Crippen LogP contribution in [0.2, 0.25) is 0 Å². The lowest BCUT2D eigenvalue weighted by molar-refractivity contribution is 0.282. The molecule has 0 aliphatic heterocycles. The molecule has 1 heteroatoms. The monoisotopic (exact) mass is 246 g/mol. The lowest BCUT2D eigenvalue weighted by Crippen LogP contribution is -1.91. The molecular weight excluding hydrogens is 220 g/mol. The van der Waals surface area contributed by atoms with Gasteiger partial charge in [0.2, 0.25) is 0 Å². The first-order valence-electron chi connectivity index (χ1n) is 7.15. The fourth-order valence-electron chi connectivity index (χ4n) is 2.18. The molecule has 0 atom stereocenters. The molecule has 0 spiro atoms. The van der Waals surface area contributed by atoms with E-state index >= 15 is 0 Å². The highest BCUT2D eigenvalue weighted by atomic mass is 16.2. The van der Waals surface area contributed by atoms with Gasteiger partial charge in [-0.1, -0.05) is 54.8 Å². The van der Waals surface area contributed by atoms with Crippen molar-refractivity contribution in [2.75, 3.05) is 6.61 Å². The number of hydrogen-bond acceptors (Lipinski definition) is 1. The lowest BCUT2D eigenvalue weighted by atomic mass is 9.99. The van der Waals surface area contributed by atoms with E-state index in [2.05, 4.69) is 43.3 Å². The smallest absolute Gasteiger partial charge is 0.0431 e. The van der Waals surface area contributed by atoms with Gasteiger partial charge in [0.25, 0.3) is 0 Å². The molecule has 100 valence electrons. The van der Waals surface area contributed by atoms with Crippen LogP contribution in [0.3, 0.4) is 0 Å². The standard InChI is InChI=1S/C17H26O/c1-2-16(10-6-3-4-9-15-18)13-14-17-11-7-5-8-12-17/h2,5,7-8,11-12,18H,3-4,6,9-10,13-15H2,1H3. The molecule has 0 aliphatic carbocycles. The van der Waals surface area contributed by atoms with E-state index in [-0.39, 0.29) is 0 Å². The number of allylic oxidation sites excluding steroid dienone is 2. The molecule has 0 aliphatic rings. The van der Waals surface area contributed by atoms with Crippen molar-refractivity contribution in [1.29, 1.82) is 0 Å². The van der Waals surface area contributed by atoms with Gasteiger partial charge in [-0.05, 0) is 44.6 Å². The zero-order valence-corrected chi connectivity index (χ0v) is 11.6. The molecule has 0 saturated heterocycles. The predicted octanol–water partition coefficient (Wildman–Crippen LogP) is 4.51. The van der Waals surface area contributed by atoms with Gasteiger partial charge >= 0.3 is 0 Å². The first-order valence-corrected chi connectivity index (χ1v) is 7.15. The number of unbranched alkanes of at least 4 members (excludes halogenated alkanes) is 3. The maximum absolute atomic E-state index is 8.72. The Morgan fingerprint density at radius 1 is 1.00 bits per heavy atom. The molecule has 0 bridgehead atoms. The third-order valence-electron chi connectivity index (χ3n) is 3.39. The van der Waals surface area contributed by atoms with Crippen molar-refractivity contribution in [3.05, 3.63) is 47.5 Å². The lowest BCUT2D eigenvalue weighted by Gasteiger charge is -2.07. The Hall–Kier alpha value is -1.08. The summed E-state index contributed by atoms with van der Waals surface area (Å²) in [5.41, 5.74) is 3.00. The second-order valence-electron chi connectivity index (χ2n) is 4.82. The third-order valence-corrected chi connectivity index (χ3v) is 3.39. The summed E-state index contributed by atoms with van der Waals surface area (Å²) in [5, 5.41) is 8.72. The van der Waals surface area contributed by atoms with Gasteiger partial charge in [0.15, 0.2) is 0 Å². The van der Waals surface area contributed by atoms with Gasteiger partial charge in [-0.25, -0.2) is 0 Å². The Morgan fingerprint density at radius 3 is 2.39 bits per heavy atom. The predicted molar refractivity (Wildman–Crippen MR) is 78.7 cm³/mol. The first kappa shape index (κ1) is 15.0. The van der Waals surface area contributed by atoms with Crippen molar-refractivity contribution >= 4 is 0 Å². The van der Waals surface area contributed by atoms with Gasteiger partial charge in [-0.15, -0.1) is 0 Å². The van der Waals surface area contributed by atoms with Crippen LogP contribution in [0.4, 0.5) is 0 Å². The SMILES string of the molecule is CC=C(CCCCCCO)CCc1ccccc1. The maximum Gasteiger partial charge on any atom is 0.0431 e. The largest absolute Gasteiger partial charge is 0.396 e. The zero-order valence-electron chi connectivity index (χ0n) is 11.6. The molecule has 0 heterocycles. The van der Waals surface area contributed by atoms with E-state index < -0.39 is 0 Å². The number of rotatable bonds is 9. The normalized spacial score (nSPS) is 11.8. The average molecular weight is 246 g/mol. The Labute approximate surface area is 112 Å². The molecule has 0 radical (unpaired) electrons. The fraction of sp³-hybridized carbons (Fsp3) is 0.529. The zero-order chi connectivity index (χ0) is 13.1. The van der Waals surface area contributed by atoms with E-state index in [0.717, 1.165) is 19.3 Å². The Bertz CT molecular complexity index is 327. The van der Waals surface area contributed by atoms with Gasteiger partial charge < -0.3 is 5.11 Å². The number of hydrogen-bond donors (Lipinski definition) is 1. The van der Waals surface area contributed by atoms with Crippen LogP contribution in [0.1, 0.15) is 51.0 Å². The molecule has 18 heavy (non-hydrogen) atoms. The number of benzene rings is 1. The molecule has 0 aromatic heterocycles. The van der Waals surface area contributed by atoms with Crippen LogP contribution in [0.5, 0.6) is 0 Å². The molecule has 1 rings (SSSR count). The summed E-state index contributed by atoms with van der Waals surface area (Å²) in [6.45, 7) is 2.48. The highest BCUT2D eigenvalue weighted by Gasteiger charge is 1.99. The van der Waals surface area contributed by atoms with E-state index in [1.54, 1.807) is 5.57 Å². The molecule has 1 aromatic carbocycles. The van der Waals surface area contributed by atoms with Crippen molar-refractivity contribution in [2.45, 2.75) is 51.9 Å². The van der Waals surface area contributed by atoms with Gasteiger partial charge in [0.1, 0.15) is 0 Å². The Kier molecular flexibility index (Phi) is 8.24. The summed E-state index contributed by atoms with van der Waals surface area (Å²) >= 11 is 0. The molecule has 1 N–H and O–H groups in total. The minimum Gasteiger partial charge on any atom is -0.396 e. The van der Waals surface area contributed by atoms with Crippen molar-refractivity contribution in [1.82, 2.24) is 0 Å². The number of aryl methyl sites for hydroxylation is 1. The molecule has 0 unspecified atom stereocenters. The van der Waals surface area contributed by atoms with Crippen LogP contribution in [0.25, 0.3) is 0 Å². The van der Waals surface area contributed by atoms with Gasteiger partial charge in [-0.3, -0.25) is 0 Å². The van der Waals surface area contributed by atoms with Gasteiger partial charge in [0, 0.05) is 6.61 Å². The van der Waals surface area contributed by atoms with E-state index in [4.69, 9.17) is 5.11 Å². The van der Waals surface area contributed by atoms with E-state index in [1.807, 2.05) is 0 Å². The fourth-order valence-corrected chi connectivity index (χ4v) is 2.18. The Morgan fingerprint density at radius 2 is 1.72 bits per heavy atom. The summed E-state index contributed by atoms with van der Waals surface area (Å²) in [6, 6.07) is 10.7. The summed E-state index contributed by atoms with van der Waals surface area (Å²) in [4.78, 5) is 0. The molecule has 0 fully saturated rings. The van der Waals surface area contributed by atoms with Crippen molar-refractivity contribution in [3.8, 4) is 0 Å². The van der Waals surface area contributed by atoms with Crippen LogP contribution in [0.15, 0.2) is 42.0 Å². The van der Waals surface area contributed by atoms with Gasteiger partial charge in [0.05, 0.1) is 0 Å². The van der Waals surface area contributed by atoms with Crippen molar-refractivity contribution in [3.63, 3.8) is 0 Å². The minimum absolute atomic E-state index is 0.338. The third kappa shape index (κ3) is 6.61. The summed E-state index contributed by atoms with van der Waals surface area (Å²) in [5.74, 6) is 0. The summed E-state index contributed by atoms with van der Waals surface area (Å²) < 4.78 is 0. The highest BCUT2D eigenvalue weighted by Crippen LogP contribution is 2.16. The molecule has 0 saturated carbocycles. The van der Waals surface area contributed by atoms with Crippen LogP contribution in [-0.2, 0) is 6.42 Å². The second-order valence-corrected chi connectivity index (χ2v) is 4.82. The topological polar surface area (TPSA) is 20.2 Å². The molecular formula is C17H26O. The average Bonchev–Trinajstić information content (AvgIpc) is 2.43. The molecule has 1 aromatic rings. The van der Waals surface area contributed by atoms with E-state index in [0.29, 0.717) is 6.61 Å². The summed E-state index contributed by atoms with van der Waals surface area (Å²) in [7, 11) is 0. The van der Waals surface area contributed by atoms with Crippen LogP contribution < -0.4 is 0 Å². The second kappa shape index (κ2) is 9.90. The molecule has 1 nitrogen and oxygen atoms in total. The first-order chi connectivity index (χ1) is 8.86. The van der Waals surface area contributed by atoms with E-state index in [9.17, 15) is 0 Å². The van der Waals surface area contributed by atoms with Gasteiger partial charge in [-0.2, -0.15) is 0 Å². The highest BCUT2D eigenvalue weighted by molar-refractivity contribution is 5.16. The quantitative estimate of drug-likeness (QED) is 0.502. The van der Waals surface area contributed by atoms with Crippen LogP contribution in [0, 0.1) is 0 Å². The van der Waals surface area contributed by atoms with Crippen LogP contribution in [-0.4, -0.2) is 11.7 Å². The minimum atomic E-state index is 0.338. The Balaban J connectivity index is 2.18. The van der Waals surface area contributed by atoms with Crippen molar-refractivity contribution < 1.29 is 5.11 Å².